The first kappa shape index (κ1) is 20.4. The average molecular weight is 345 g/mol. The lowest BCUT2D eigenvalue weighted by molar-refractivity contribution is -0.148. The molecule has 0 radical (unpaired) electrons. The van der Waals surface area contributed by atoms with Crippen molar-refractivity contribution in [3.63, 3.8) is 0 Å². The summed E-state index contributed by atoms with van der Waals surface area (Å²) in [6.45, 7) is 1.92. The molecule has 0 aliphatic carbocycles. The van der Waals surface area contributed by atoms with E-state index in [0.717, 1.165) is 0 Å². The van der Waals surface area contributed by atoms with E-state index in [2.05, 4.69) is 0 Å². The van der Waals surface area contributed by atoms with Crippen molar-refractivity contribution >= 4 is 30.1 Å². The maximum absolute atomic E-state index is 11.8. The van der Waals surface area contributed by atoms with E-state index >= 15 is 0 Å². The molecule has 0 aliphatic heterocycles. The summed E-state index contributed by atoms with van der Waals surface area (Å²) in [6, 6.07) is 0. The minimum atomic E-state index is -3.84. The molecule has 0 aromatic heterocycles. The van der Waals surface area contributed by atoms with E-state index in [-0.39, 0.29) is 26.1 Å². The van der Waals surface area contributed by atoms with Crippen LogP contribution in [0.1, 0.15) is 40.5 Å². The Morgan fingerprint density at radius 2 is 1.24 bits per heavy atom. The van der Waals surface area contributed by atoms with Gasteiger partial charge in [-0.2, -0.15) is 0 Å². The van der Waals surface area contributed by atoms with Gasteiger partial charge in [0.2, 0.25) is 0 Å². The summed E-state index contributed by atoms with van der Waals surface area (Å²) < 4.78 is 21.5. The molecule has 0 bridgehead atoms. The minimum absolute atomic E-state index is 0.114. The highest BCUT2D eigenvalue weighted by Gasteiger charge is 2.31. The molecule has 124 valence electrons. The van der Waals surface area contributed by atoms with Gasteiger partial charge in [0.05, 0.1) is 24.0 Å². The lowest BCUT2D eigenvalue weighted by Gasteiger charge is -2.21. The highest BCUT2D eigenvalue weighted by atomic mass is 35.7. The number of rotatable bonds is 10. The van der Waals surface area contributed by atoms with Gasteiger partial charge in [0.1, 0.15) is 0 Å². The fraction of sp³-hybridized carbons (Fsp3) is 0.833. The van der Waals surface area contributed by atoms with Crippen molar-refractivity contribution in [1.82, 2.24) is 0 Å². The van der Waals surface area contributed by atoms with Crippen molar-refractivity contribution in [2.45, 2.75) is 40.5 Å². The van der Waals surface area contributed by atoms with Crippen LogP contribution < -0.4 is 0 Å². The number of carboxylic acids is 2. The second-order valence-corrected chi connectivity index (χ2v) is 8.59. The quantitative estimate of drug-likeness (QED) is 0.584. The van der Waals surface area contributed by atoms with E-state index in [1.54, 1.807) is 0 Å². The van der Waals surface area contributed by atoms with Gasteiger partial charge < -0.3 is 10.2 Å². The first-order valence-electron chi connectivity index (χ1n) is 6.36. The Kier molecular flexibility index (Phi) is 7.36. The zero-order chi connectivity index (χ0) is 16.9. The molecule has 0 heterocycles. The van der Waals surface area contributed by atoms with Gasteiger partial charge in [-0.15, -0.1) is 0 Å². The lowest BCUT2D eigenvalue weighted by Crippen LogP contribution is -2.25. The third-order valence-electron chi connectivity index (χ3n) is 3.10. The van der Waals surface area contributed by atoms with Crippen LogP contribution in [0.3, 0.4) is 0 Å². The summed E-state index contributed by atoms with van der Waals surface area (Å²) in [5.74, 6) is -2.00. The molecule has 0 amide bonds. The van der Waals surface area contributed by atoms with Crippen molar-refractivity contribution < 1.29 is 33.4 Å². The summed E-state index contributed by atoms with van der Waals surface area (Å²) in [6.07, 6.45) is 0.228. The van der Waals surface area contributed by atoms with Gasteiger partial charge in [-0.05, 0) is 40.5 Å². The standard InChI is InChI=1S/C12H22ClO7P/c1-11(2,9(14)15)5-7-19-21(13,18)20-8-6-12(3,4)10(16)17/h5-8H2,1-4H3,(H,14,15)(H,16,17). The number of aliphatic carboxylic acids is 2. The summed E-state index contributed by atoms with van der Waals surface area (Å²) >= 11 is 5.57. The highest BCUT2D eigenvalue weighted by molar-refractivity contribution is 7.81. The number of hydrogen-bond donors (Lipinski definition) is 2. The number of carboxylic acid groups (broad SMARTS) is 2. The molecule has 0 aromatic carbocycles. The van der Waals surface area contributed by atoms with Gasteiger partial charge in [0, 0.05) is 11.2 Å². The molecule has 0 atom stereocenters. The SMILES string of the molecule is CC(C)(CCOP(=O)(Cl)OCCC(C)(C)C(=O)O)C(=O)O. The molecule has 0 fully saturated rings. The summed E-state index contributed by atoms with van der Waals surface area (Å²) in [5, 5.41) is 17.8. The van der Waals surface area contributed by atoms with Crippen LogP contribution in [-0.4, -0.2) is 35.4 Å². The van der Waals surface area contributed by atoms with Gasteiger partial charge in [-0.3, -0.25) is 18.6 Å². The third kappa shape index (κ3) is 7.81. The Hall–Kier alpha value is -0.620. The predicted molar refractivity (Wildman–Crippen MR) is 77.4 cm³/mol. The maximum atomic E-state index is 11.8. The molecule has 0 saturated carbocycles. The molecule has 0 unspecified atom stereocenters. The predicted octanol–water partition coefficient (Wildman–Crippen LogP) is 3.37. The third-order valence-corrected chi connectivity index (χ3v) is 4.67. The van der Waals surface area contributed by atoms with E-state index in [1.807, 2.05) is 0 Å². The first-order chi connectivity index (χ1) is 9.30. The molecule has 0 rings (SSSR count). The van der Waals surface area contributed by atoms with Crippen LogP contribution in [0.2, 0.25) is 0 Å². The van der Waals surface area contributed by atoms with Gasteiger partial charge >= 0.3 is 18.9 Å². The lowest BCUT2D eigenvalue weighted by atomic mass is 9.90. The molecule has 0 spiro atoms. The second kappa shape index (κ2) is 7.58. The molecule has 2 N–H and O–H groups in total. The Labute approximate surface area is 128 Å². The zero-order valence-corrected chi connectivity index (χ0v) is 14.2. The van der Waals surface area contributed by atoms with E-state index < -0.39 is 29.7 Å². The van der Waals surface area contributed by atoms with E-state index in [0.29, 0.717) is 0 Å². The van der Waals surface area contributed by atoms with Gasteiger partial charge in [0.15, 0.2) is 0 Å². The van der Waals surface area contributed by atoms with Crippen LogP contribution in [0.5, 0.6) is 0 Å². The van der Waals surface area contributed by atoms with Crippen LogP contribution in [0.25, 0.3) is 0 Å². The van der Waals surface area contributed by atoms with E-state index in [4.69, 9.17) is 30.5 Å². The second-order valence-electron chi connectivity index (χ2n) is 5.98. The van der Waals surface area contributed by atoms with Gasteiger partial charge in [-0.1, -0.05) is 0 Å². The van der Waals surface area contributed by atoms with Crippen LogP contribution in [0.4, 0.5) is 0 Å². The molecular formula is C12H22ClO7P. The van der Waals surface area contributed by atoms with Gasteiger partial charge in [0.25, 0.3) is 0 Å². The summed E-state index contributed by atoms with van der Waals surface area (Å²) in [5.41, 5.74) is -2.05. The van der Waals surface area contributed by atoms with Crippen molar-refractivity contribution in [1.29, 1.82) is 0 Å². The normalized spacial score (nSPS) is 13.2. The van der Waals surface area contributed by atoms with Crippen LogP contribution in [0.15, 0.2) is 0 Å². The fourth-order valence-electron chi connectivity index (χ4n) is 1.07. The fourth-order valence-corrected chi connectivity index (χ4v) is 2.18. The monoisotopic (exact) mass is 344 g/mol. The van der Waals surface area contributed by atoms with Crippen molar-refractivity contribution in [2.75, 3.05) is 13.2 Å². The molecule has 9 heteroatoms. The Morgan fingerprint density at radius 1 is 0.952 bits per heavy atom. The number of halogens is 1. The highest BCUT2D eigenvalue weighted by Crippen LogP contribution is 2.54. The van der Waals surface area contributed by atoms with Crippen molar-refractivity contribution in [3.05, 3.63) is 0 Å². The number of hydrogen-bond acceptors (Lipinski definition) is 5. The van der Waals surface area contributed by atoms with Crippen molar-refractivity contribution in [3.8, 4) is 0 Å². The molecule has 0 saturated heterocycles. The zero-order valence-electron chi connectivity index (χ0n) is 12.6. The van der Waals surface area contributed by atoms with Gasteiger partial charge in [-0.25, -0.2) is 4.57 Å². The smallest absolute Gasteiger partial charge is 0.424 e. The largest absolute Gasteiger partial charge is 0.481 e. The summed E-state index contributed by atoms with van der Waals surface area (Å²) in [7, 11) is 0. The van der Waals surface area contributed by atoms with Crippen LogP contribution >= 0.6 is 18.2 Å². The summed E-state index contributed by atoms with van der Waals surface area (Å²) in [4.78, 5) is 21.8. The first-order valence-corrected chi connectivity index (χ1v) is 8.80. The minimum Gasteiger partial charge on any atom is -0.481 e. The van der Waals surface area contributed by atoms with Crippen molar-refractivity contribution in [2.24, 2.45) is 10.8 Å². The van der Waals surface area contributed by atoms with E-state index in [1.165, 1.54) is 27.7 Å². The molecule has 0 aromatic rings. The molecule has 21 heavy (non-hydrogen) atoms. The van der Waals surface area contributed by atoms with E-state index in [9.17, 15) is 14.2 Å². The Balaban J connectivity index is 4.20. The number of carbonyl (C=O) groups is 2. The maximum Gasteiger partial charge on any atom is 0.424 e. The molecule has 7 nitrogen and oxygen atoms in total. The Morgan fingerprint density at radius 3 is 1.48 bits per heavy atom. The average Bonchev–Trinajstić information content (AvgIpc) is 2.27. The molecule has 0 aliphatic rings. The topological polar surface area (TPSA) is 110 Å². The molecular weight excluding hydrogens is 323 g/mol. The van der Waals surface area contributed by atoms with Crippen LogP contribution in [-0.2, 0) is 23.2 Å². The Bertz CT molecular complexity index is 397. The van der Waals surface area contributed by atoms with Crippen LogP contribution in [0, 0.1) is 10.8 Å².